The molecule has 4 rings (SSSR count). The van der Waals surface area contributed by atoms with Crippen molar-refractivity contribution < 1.29 is 9.45 Å². The highest BCUT2D eigenvalue weighted by atomic mass is 16.6. The SMILES string of the molecule is Cc1ccc([N+](=O)[O-])c(N2CCCC(c3noc(C4CC4)n3)C2)n1. The normalized spacial score (nSPS) is 21.0. The Labute approximate surface area is 139 Å². The second-order valence-corrected chi connectivity index (χ2v) is 6.60. The van der Waals surface area contributed by atoms with Gasteiger partial charge in [-0.3, -0.25) is 10.1 Å². The van der Waals surface area contributed by atoms with Crippen molar-refractivity contribution in [2.75, 3.05) is 18.0 Å². The van der Waals surface area contributed by atoms with E-state index < -0.39 is 0 Å². The number of nitro groups is 1. The van der Waals surface area contributed by atoms with Crippen molar-refractivity contribution in [1.29, 1.82) is 0 Å². The minimum absolute atomic E-state index is 0.0491. The zero-order chi connectivity index (χ0) is 16.7. The predicted molar refractivity (Wildman–Crippen MR) is 86.1 cm³/mol. The molecule has 0 bridgehead atoms. The summed E-state index contributed by atoms with van der Waals surface area (Å²) in [5, 5.41) is 15.4. The first-order valence-corrected chi connectivity index (χ1v) is 8.32. The van der Waals surface area contributed by atoms with Crippen LogP contribution in [0.4, 0.5) is 11.5 Å². The molecule has 1 saturated heterocycles. The maximum Gasteiger partial charge on any atom is 0.311 e. The number of nitrogens with zero attached hydrogens (tertiary/aromatic N) is 5. The van der Waals surface area contributed by atoms with E-state index in [-0.39, 0.29) is 16.5 Å². The summed E-state index contributed by atoms with van der Waals surface area (Å²) < 4.78 is 5.36. The van der Waals surface area contributed by atoms with Crippen molar-refractivity contribution in [3.8, 4) is 0 Å². The van der Waals surface area contributed by atoms with E-state index >= 15 is 0 Å². The third-order valence-electron chi connectivity index (χ3n) is 4.66. The minimum Gasteiger partial charge on any atom is -0.350 e. The second kappa shape index (κ2) is 5.85. The van der Waals surface area contributed by atoms with E-state index in [1.165, 1.54) is 6.07 Å². The first-order valence-electron chi connectivity index (χ1n) is 8.32. The third kappa shape index (κ3) is 2.83. The molecule has 0 radical (unpaired) electrons. The number of piperidine rings is 1. The van der Waals surface area contributed by atoms with E-state index in [1.807, 2.05) is 11.8 Å². The predicted octanol–water partition coefficient (Wildman–Crippen LogP) is 2.94. The molecule has 1 unspecified atom stereocenters. The van der Waals surface area contributed by atoms with Crippen molar-refractivity contribution in [1.82, 2.24) is 15.1 Å². The van der Waals surface area contributed by atoms with Gasteiger partial charge in [0.2, 0.25) is 11.7 Å². The third-order valence-corrected chi connectivity index (χ3v) is 4.66. The van der Waals surface area contributed by atoms with Crippen molar-refractivity contribution >= 4 is 11.5 Å². The summed E-state index contributed by atoms with van der Waals surface area (Å²) >= 11 is 0. The number of hydrogen-bond donors (Lipinski definition) is 0. The molecule has 0 spiro atoms. The maximum absolute atomic E-state index is 11.3. The van der Waals surface area contributed by atoms with Crippen molar-refractivity contribution in [2.24, 2.45) is 0 Å². The van der Waals surface area contributed by atoms with Gasteiger partial charge in [0, 0.05) is 36.7 Å². The molecule has 2 aliphatic rings. The molecule has 1 saturated carbocycles. The fourth-order valence-electron chi connectivity index (χ4n) is 3.20. The lowest BCUT2D eigenvalue weighted by Gasteiger charge is -2.31. The lowest BCUT2D eigenvalue weighted by Crippen LogP contribution is -2.35. The zero-order valence-corrected chi connectivity index (χ0v) is 13.5. The van der Waals surface area contributed by atoms with E-state index in [0.717, 1.165) is 49.6 Å². The molecule has 24 heavy (non-hydrogen) atoms. The van der Waals surface area contributed by atoms with Gasteiger partial charge in [-0.15, -0.1) is 0 Å². The van der Waals surface area contributed by atoms with Crippen LogP contribution in [0.25, 0.3) is 0 Å². The van der Waals surface area contributed by atoms with Gasteiger partial charge in [-0.2, -0.15) is 4.98 Å². The van der Waals surface area contributed by atoms with E-state index in [9.17, 15) is 10.1 Å². The molecule has 0 aromatic carbocycles. The summed E-state index contributed by atoms with van der Waals surface area (Å²) in [6.07, 6.45) is 4.13. The molecule has 1 atom stereocenters. The number of hydrogen-bond acceptors (Lipinski definition) is 7. The van der Waals surface area contributed by atoms with Gasteiger partial charge in [-0.25, -0.2) is 4.98 Å². The largest absolute Gasteiger partial charge is 0.350 e. The van der Waals surface area contributed by atoms with E-state index in [0.29, 0.717) is 18.3 Å². The Kier molecular flexibility index (Phi) is 3.66. The fraction of sp³-hybridized carbons (Fsp3) is 0.562. The van der Waals surface area contributed by atoms with E-state index in [1.54, 1.807) is 6.07 Å². The van der Waals surface area contributed by atoms with Crippen LogP contribution < -0.4 is 4.90 Å². The number of aryl methyl sites for hydroxylation is 1. The second-order valence-electron chi connectivity index (χ2n) is 6.60. The van der Waals surface area contributed by atoms with Crippen LogP contribution in [-0.2, 0) is 0 Å². The van der Waals surface area contributed by atoms with Crippen molar-refractivity contribution in [3.05, 3.63) is 39.7 Å². The van der Waals surface area contributed by atoms with Crippen LogP contribution >= 0.6 is 0 Å². The average Bonchev–Trinajstić information content (AvgIpc) is 3.31. The van der Waals surface area contributed by atoms with Crippen LogP contribution in [0.5, 0.6) is 0 Å². The molecule has 2 fully saturated rings. The zero-order valence-electron chi connectivity index (χ0n) is 13.5. The van der Waals surface area contributed by atoms with Gasteiger partial charge in [0.05, 0.1) is 4.92 Å². The first-order chi connectivity index (χ1) is 11.6. The fourth-order valence-corrected chi connectivity index (χ4v) is 3.20. The van der Waals surface area contributed by atoms with Gasteiger partial charge in [0.25, 0.3) is 0 Å². The number of rotatable bonds is 4. The Hall–Kier alpha value is -2.51. The lowest BCUT2D eigenvalue weighted by molar-refractivity contribution is -0.384. The molecular formula is C16H19N5O3. The molecule has 8 nitrogen and oxygen atoms in total. The smallest absolute Gasteiger partial charge is 0.311 e. The summed E-state index contributed by atoms with van der Waals surface area (Å²) in [6.45, 7) is 3.22. The number of pyridine rings is 1. The Morgan fingerprint density at radius 3 is 2.83 bits per heavy atom. The van der Waals surface area contributed by atoms with E-state index in [2.05, 4.69) is 15.1 Å². The van der Waals surface area contributed by atoms with Gasteiger partial charge in [0.15, 0.2) is 5.82 Å². The van der Waals surface area contributed by atoms with Gasteiger partial charge in [0.1, 0.15) is 0 Å². The molecular weight excluding hydrogens is 310 g/mol. The summed E-state index contributed by atoms with van der Waals surface area (Å²) in [5.74, 6) is 2.46. The summed E-state index contributed by atoms with van der Waals surface area (Å²) in [7, 11) is 0. The van der Waals surface area contributed by atoms with Gasteiger partial charge < -0.3 is 9.42 Å². The van der Waals surface area contributed by atoms with Crippen molar-refractivity contribution in [2.45, 2.75) is 44.4 Å². The molecule has 1 aliphatic carbocycles. The molecule has 8 heteroatoms. The topological polar surface area (TPSA) is 98.2 Å². The molecule has 0 amide bonds. The first kappa shape index (κ1) is 15.0. The quantitative estimate of drug-likeness (QED) is 0.628. The van der Waals surface area contributed by atoms with Crippen LogP contribution in [0.15, 0.2) is 16.7 Å². The van der Waals surface area contributed by atoms with Crippen LogP contribution in [0.2, 0.25) is 0 Å². The van der Waals surface area contributed by atoms with Crippen LogP contribution in [-0.4, -0.2) is 33.1 Å². The standard InChI is InChI=1S/C16H19N5O3/c1-10-4-7-13(21(22)23)15(17-10)20-8-2-3-12(9-20)14-18-16(24-19-14)11-5-6-11/h4,7,11-12H,2-3,5-6,8-9H2,1H3. The van der Waals surface area contributed by atoms with Crippen molar-refractivity contribution in [3.63, 3.8) is 0 Å². The Bertz CT molecular complexity index is 771. The number of anilines is 1. The number of aromatic nitrogens is 3. The van der Waals surface area contributed by atoms with Crippen LogP contribution in [0.1, 0.15) is 54.9 Å². The maximum atomic E-state index is 11.3. The molecule has 2 aromatic rings. The minimum atomic E-state index is -0.370. The average molecular weight is 329 g/mol. The summed E-state index contributed by atoms with van der Waals surface area (Å²) in [6, 6.07) is 3.20. The van der Waals surface area contributed by atoms with E-state index in [4.69, 9.17) is 4.52 Å². The highest BCUT2D eigenvalue weighted by Gasteiger charge is 2.33. The molecule has 2 aromatic heterocycles. The molecule has 3 heterocycles. The summed E-state index contributed by atoms with van der Waals surface area (Å²) in [5.41, 5.74) is 0.821. The summed E-state index contributed by atoms with van der Waals surface area (Å²) in [4.78, 5) is 21.9. The van der Waals surface area contributed by atoms with Crippen LogP contribution in [0, 0.1) is 17.0 Å². The van der Waals surface area contributed by atoms with Gasteiger partial charge in [-0.05, 0) is 38.7 Å². The van der Waals surface area contributed by atoms with Crippen LogP contribution in [0.3, 0.4) is 0 Å². The Balaban J connectivity index is 1.58. The van der Waals surface area contributed by atoms with Gasteiger partial charge >= 0.3 is 5.69 Å². The lowest BCUT2D eigenvalue weighted by atomic mass is 9.97. The highest BCUT2D eigenvalue weighted by molar-refractivity contribution is 5.58. The Morgan fingerprint density at radius 2 is 2.08 bits per heavy atom. The molecule has 126 valence electrons. The highest BCUT2D eigenvalue weighted by Crippen LogP contribution is 2.40. The Morgan fingerprint density at radius 1 is 1.25 bits per heavy atom. The molecule has 0 N–H and O–H groups in total. The molecule has 1 aliphatic heterocycles. The monoisotopic (exact) mass is 329 g/mol. The van der Waals surface area contributed by atoms with Gasteiger partial charge in [-0.1, -0.05) is 5.16 Å².